The van der Waals surface area contributed by atoms with E-state index in [0.29, 0.717) is 36.0 Å². The van der Waals surface area contributed by atoms with Crippen molar-refractivity contribution in [3.8, 4) is 11.5 Å². The first kappa shape index (κ1) is 42.1. The van der Waals surface area contributed by atoms with Crippen LogP contribution in [0.25, 0.3) is 0 Å². The van der Waals surface area contributed by atoms with Gasteiger partial charge in [0.2, 0.25) is 11.8 Å². The van der Waals surface area contributed by atoms with Crippen LogP contribution in [0.5, 0.6) is 11.5 Å². The first-order chi connectivity index (χ1) is 26.3. The second-order valence-electron chi connectivity index (χ2n) is 16.3. The van der Waals surface area contributed by atoms with Gasteiger partial charge >= 0.3 is 22.5 Å². The minimum atomic E-state index is -1.74. The molecule has 2 heterocycles. The second-order valence-corrected chi connectivity index (χ2v) is 18.0. The van der Waals surface area contributed by atoms with Gasteiger partial charge in [-0.15, -0.1) is 0 Å². The Morgan fingerprint density at radius 2 is 1.14 bits per heavy atom. The molecule has 12 nitrogen and oxygen atoms in total. The number of anilines is 4. The van der Waals surface area contributed by atoms with E-state index in [1.54, 1.807) is 29.3 Å². The van der Waals surface area contributed by atoms with E-state index in [9.17, 15) is 18.0 Å². The number of nitrogens with one attached hydrogen (secondary N) is 4. The Labute approximate surface area is 336 Å². The number of carbonyl (C=O) groups excluding carboxylic acids is 2. The summed E-state index contributed by atoms with van der Waals surface area (Å²) >= 11 is -3.42. The van der Waals surface area contributed by atoms with E-state index in [1.165, 1.54) is 0 Å². The van der Waals surface area contributed by atoms with Crippen molar-refractivity contribution in [2.45, 2.75) is 74.1 Å². The number of hydrogen-bond acceptors (Lipinski definition) is 8. The lowest BCUT2D eigenvalue weighted by Crippen LogP contribution is -2.32. The molecule has 0 bridgehead atoms. The summed E-state index contributed by atoms with van der Waals surface area (Å²) in [6, 6.07) is 28.2. The Morgan fingerprint density at radius 3 is 1.57 bits per heavy atom. The van der Waals surface area contributed by atoms with Crippen LogP contribution in [0.3, 0.4) is 0 Å². The van der Waals surface area contributed by atoms with Gasteiger partial charge in [-0.2, -0.15) is 8.42 Å². The zero-order valence-electron chi connectivity index (χ0n) is 33.6. The highest BCUT2D eigenvalue weighted by Crippen LogP contribution is 2.38. The van der Waals surface area contributed by atoms with Crippen molar-refractivity contribution in [3.63, 3.8) is 0 Å². The van der Waals surface area contributed by atoms with Crippen LogP contribution >= 0.6 is 0 Å². The number of aryl methyl sites for hydroxylation is 2. The average Bonchev–Trinajstić information content (AvgIpc) is 3.65. The Hall–Kier alpha value is -5.08. The summed E-state index contributed by atoms with van der Waals surface area (Å²) in [6.45, 7) is 20.1. The van der Waals surface area contributed by atoms with Crippen LogP contribution in [0.1, 0.15) is 71.6 Å². The molecule has 56 heavy (non-hydrogen) atoms. The molecule has 4 N–H and O–H groups in total. The summed E-state index contributed by atoms with van der Waals surface area (Å²) in [6.07, 6.45) is 1.02. The zero-order valence-corrected chi connectivity index (χ0v) is 35.2. The smallest absolute Gasteiger partial charge is 0.316 e. The molecule has 4 unspecified atom stereocenters. The third kappa shape index (κ3) is 11.7. The summed E-state index contributed by atoms with van der Waals surface area (Å²) in [4.78, 5) is 23.2. The van der Waals surface area contributed by atoms with Gasteiger partial charge in [0.05, 0.1) is 36.3 Å². The van der Waals surface area contributed by atoms with Crippen LogP contribution in [0.15, 0.2) is 91.0 Å². The van der Waals surface area contributed by atoms with Crippen LogP contribution in [-0.4, -0.2) is 33.3 Å². The fraction of sp³-hybridized carbons (Fsp3) is 0.381. The maximum atomic E-state index is 12.7. The van der Waals surface area contributed by atoms with Crippen molar-refractivity contribution < 1.29 is 26.4 Å². The summed E-state index contributed by atoms with van der Waals surface area (Å²) in [5.74, 6) is 1.12. The summed E-state index contributed by atoms with van der Waals surface area (Å²) < 4.78 is 41.4. The van der Waals surface area contributed by atoms with Crippen LogP contribution in [0.4, 0.5) is 22.7 Å². The lowest BCUT2D eigenvalue weighted by Gasteiger charge is -2.33. The third-order valence-electron chi connectivity index (χ3n) is 9.36. The van der Waals surface area contributed by atoms with Crippen molar-refractivity contribution in [1.29, 1.82) is 0 Å². The molecule has 2 fully saturated rings. The molecule has 4 aromatic rings. The minimum Gasteiger partial charge on any atom is -0.385 e. The van der Waals surface area contributed by atoms with Crippen LogP contribution in [0, 0.1) is 31.1 Å². The van der Waals surface area contributed by atoms with Crippen LogP contribution in [-0.2, 0) is 37.5 Å². The molecule has 300 valence electrons. The lowest BCUT2D eigenvalue weighted by atomic mass is 9.72. The molecule has 0 aliphatic carbocycles. The quantitative estimate of drug-likeness (QED) is 0.114. The van der Waals surface area contributed by atoms with Gasteiger partial charge in [0.15, 0.2) is 0 Å². The molecule has 4 atom stereocenters. The van der Waals surface area contributed by atoms with Gasteiger partial charge < -0.3 is 8.37 Å². The van der Waals surface area contributed by atoms with E-state index >= 15 is 0 Å². The van der Waals surface area contributed by atoms with Gasteiger partial charge in [-0.1, -0.05) is 78.3 Å². The Kier molecular flexibility index (Phi) is 13.4. The normalized spacial score (nSPS) is 17.9. The summed E-state index contributed by atoms with van der Waals surface area (Å²) in [5.41, 5.74) is 12.1. The molecule has 2 aliphatic rings. The van der Waals surface area contributed by atoms with E-state index in [-0.39, 0.29) is 34.5 Å². The van der Waals surface area contributed by atoms with Gasteiger partial charge in [0.25, 0.3) is 0 Å². The van der Waals surface area contributed by atoms with Gasteiger partial charge in [-0.05, 0) is 109 Å². The Bertz CT molecular complexity index is 2030. The fourth-order valence-electron chi connectivity index (χ4n) is 6.59. The molecule has 6 rings (SSSR count). The molecule has 0 saturated carbocycles. The van der Waals surface area contributed by atoms with Gasteiger partial charge in [-0.3, -0.25) is 39.9 Å². The van der Waals surface area contributed by atoms with Gasteiger partial charge in [-0.25, -0.2) is 0 Å². The predicted octanol–water partition coefficient (Wildman–Crippen LogP) is 7.82. The molecule has 0 radical (unpaired) electrons. The Balaban J connectivity index is 0.000000223. The number of nitrogens with zero attached hydrogens (tertiary/aromatic N) is 2. The highest BCUT2D eigenvalue weighted by molar-refractivity contribution is 7.82. The molecule has 2 aliphatic heterocycles. The van der Waals surface area contributed by atoms with E-state index in [1.807, 2.05) is 93.4 Å². The number of hydrazine groups is 2. The molecule has 14 heteroatoms. The van der Waals surface area contributed by atoms with E-state index < -0.39 is 22.5 Å². The predicted molar refractivity (Wildman–Crippen MR) is 226 cm³/mol. The summed E-state index contributed by atoms with van der Waals surface area (Å²) in [5, 5.41) is 3.62. The SMILES string of the molecule is Cc1ccc(C(C)(C)CC(C)(C)C)cc1OS(=O)Nc1ccc(N2CC(C)C(=O)N2)cc1.Cc1ccc(OS(=O)Nc2ccc(N3CC(C)C(=O)N3)cc2)cc1. The molecular formula is C42H54N6O6S2. The number of rotatable bonds is 12. The van der Waals surface area contributed by atoms with Crippen molar-refractivity contribution in [2.75, 3.05) is 32.6 Å². The van der Waals surface area contributed by atoms with Crippen LogP contribution < -0.4 is 38.7 Å². The highest BCUT2D eigenvalue weighted by Gasteiger charge is 2.29. The number of benzene rings is 4. The van der Waals surface area contributed by atoms with Crippen molar-refractivity contribution in [1.82, 2.24) is 10.9 Å². The number of carbonyl (C=O) groups is 2. The molecule has 2 saturated heterocycles. The minimum absolute atomic E-state index is 0.0183. The topological polar surface area (TPSA) is 141 Å². The van der Waals surface area contributed by atoms with E-state index in [0.717, 1.165) is 34.5 Å². The summed E-state index contributed by atoms with van der Waals surface area (Å²) in [7, 11) is 0. The largest absolute Gasteiger partial charge is 0.385 e. The number of hydrogen-bond donors (Lipinski definition) is 4. The Morgan fingerprint density at radius 1 is 0.679 bits per heavy atom. The molecule has 0 aromatic heterocycles. The maximum absolute atomic E-state index is 12.7. The van der Waals surface area contributed by atoms with Crippen molar-refractivity contribution >= 4 is 57.1 Å². The molecule has 0 spiro atoms. The van der Waals surface area contributed by atoms with Crippen molar-refractivity contribution in [2.24, 2.45) is 17.3 Å². The second kappa shape index (κ2) is 17.8. The number of amides is 2. The highest BCUT2D eigenvalue weighted by atomic mass is 32.2. The lowest BCUT2D eigenvalue weighted by molar-refractivity contribution is -0.122. The van der Waals surface area contributed by atoms with Gasteiger partial charge in [0, 0.05) is 11.4 Å². The fourth-order valence-corrected chi connectivity index (χ4v) is 7.95. The molecular weight excluding hydrogens is 749 g/mol. The first-order valence-corrected chi connectivity index (χ1v) is 20.8. The van der Waals surface area contributed by atoms with Gasteiger partial charge in [0.1, 0.15) is 11.5 Å². The van der Waals surface area contributed by atoms with E-state index in [4.69, 9.17) is 8.37 Å². The monoisotopic (exact) mass is 802 g/mol. The molecule has 4 aromatic carbocycles. The van der Waals surface area contributed by atoms with E-state index in [2.05, 4.69) is 61.0 Å². The zero-order chi connectivity index (χ0) is 40.8. The third-order valence-corrected chi connectivity index (χ3v) is 10.8. The van der Waals surface area contributed by atoms with Crippen molar-refractivity contribution in [3.05, 3.63) is 108 Å². The first-order valence-electron chi connectivity index (χ1n) is 18.6. The maximum Gasteiger partial charge on any atom is 0.316 e. The molecule has 2 amide bonds. The van der Waals surface area contributed by atoms with Crippen LogP contribution in [0.2, 0.25) is 0 Å². The standard InChI is InChI=1S/C25H35N3O3S.C17H19N3O3S/c1-17-8-9-19(25(6,7)16-24(3,4)5)14-22(17)31-32(30)27-20-10-12-21(13-11-20)28-15-18(2)23(29)26-28;1-12-3-9-16(10-4-12)23-24(22)19-14-5-7-15(8-6-14)20-11-13(2)17(21)18-20/h8-14,18,27H,15-16H2,1-7H3,(H,26,29);3-10,13,19H,11H2,1-2H3,(H,18,21). The average molecular weight is 803 g/mol.